The molecule has 0 bridgehead atoms. The van der Waals surface area contributed by atoms with E-state index >= 15 is 0 Å². The maximum atomic E-state index is 12.8. The normalized spacial score (nSPS) is 26.1. The number of benzene rings is 1. The number of nitrogens with zero attached hydrogens (tertiary/aromatic N) is 1. The minimum Gasteiger partial charge on any atom is -0.485 e. The number of hydrogen-bond donors (Lipinski definition) is 2. The molecule has 1 aromatic rings. The molecule has 28 heavy (non-hydrogen) atoms. The van der Waals surface area contributed by atoms with E-state index < -0.39 is 12.2 Å². The first-order valence-electron chi connectivity index (χ1n) is 10.1. The summed E-state index contributed by atoms with van der Waals surface area (Å²) in [7, 11) is 0. The number of likely N-dealkylation sites (tertiary alicyclic amines) is 1. The van der Waals surface area contributed by atoms with Gasteiger partial charge in [-0.15, -0.1) is 0 Å². The highest BCUT2D eigenvalue weighted by atomic mass is 16.6. The summed E-state index contributed by atoms with van der Waals surface area (Å²) in [4.78, 5) is 26.8. The van der Waals surface area contributed by atoms with Gasteiger partial charge < -0.3 is 24.8 Å². The van der Waals surface area contributed by atoms with Crippen molar-refractivity contribution >= 4 is 11.8 Å². The van der Waals surface area contributed by atoms with Crippen molar-refractivity contribution in [2.45, 2.75) is 51.4 Å². The third-order valence-corrected chi connectivity index (χ3v) is 6.23. The number of fused-ring (bicyclic) bond motifs is 1. The van der Waals surface area contributed by atoms with Gasteiger partial charge in [0.25, 0.3) is 11.8 Å². The Morgan fingerprint density at radius 3 is 2.68 bits per heavy atom. The highest BCUT2D eigenvalue weighted by molar-refractivity contribution is 5.83. The second-order valence-electron chi connectivity index (χ2n) is 8.56. The van der Waals surface area contributed by atoms with Gasteiger partial charge in [-0.25, -0.2) is 0 Å². The number of hydrogen-bond acceptors (Lipinski definition) is 5. The molecular formula is C21H28N2O5. The second-order valence-corrected chi connectivity index (χ2v) is 8.56. The zero-order valence-electron chi connectivity index (χ0n) is 16.4. The van der Waals surface area contributed by atoms with Gasteiger partial charge in [0, 0.05) is 24.5 Å². The number of ether oxygens (including phenoxy) is 2. The smallest absolute Gasteiger partial charge is 0.264 e. The summed E-state index contributed by atoms with van der Waals surface area (Å²) in [6.45, 7) is 5.03. The van der Waals surface area contributed by atoms with E-state index in [1.807, 2.05) is 32.0 Å². The number of rotatable bonds is 4. The summed E-state index contributed by atoms with van der Waals surface area (Å²) >= 11 is 0. The summed E-state index contributed by atoms with van der Waals surface area (Å²) in [5.74, 6) is 0.749. The summed E-state index contributed by atoms with van der Waals surface area (Å²) in [6.07, 6.45) is 1.26. The Labute approximate surface area is 165 Å². The molecule has 2 N–H and O–H groups in total. The minimum absolute atomic E-state index is 0.0148. The van der Waals surface area contributed by atoms with Crippen LogP contribution in [0.15, 0.2) is 24.3 Å². The van der Waals surface area contributed by atoms with Crippen LogP contribution in [0.1, 0.15) is 33.1 Å². The van der Waals surface area contributed by atoms with Crippen LogP contribution >= 0.6 is 0 Å². The van der Waals surface area contributed by atoms with E-state index in [4.69, 9.17) is 9.47 Å². The first-order chi connectivity index (χ1) is 13.4. The maximum Gasteiger partial charge on any atom is 0.264 e. The zero-order valence-corrected chi connectivity index (χ0v) is 16.4. The van der Waals surface area contributed by atoms with Gasteiger partial charge in [0.1, 0.15) is 12.7 Å². The lowest BCUT2D eigenvalue weighted by Gasteiger charge is -2.52. The maximum absolute atomic E-state index is 12.8. The number of aliphatic hydroxyl groups excluding tert-OH is 1. The van der Waals surface area contributed by atoms with Crippen LogP contribution in [0.3, 0.4) is 0 Å². The fraction of sp³-hybridized carbons (Fsp3) is 0.619. The van der Waals surface area contributed by atoms with Gasteiger partial charge in [-0.05, 0) is 30.9 Å². The van der Waals surface area contributed by atoms with Crippen molar-refractivity contribution in [2.75, 3.05) is 19.7 Å². The van der Waals surface area contributed by atoms with E-state index in [1.165, 1.54) is 0 Å². The molecule has 1 saturated carbocycles. The summed E-state index contributed by atoms with van der Waals surface area (Å²) in [6, 6.07) is 7.34. The van der Waals surface area contributed by atoms with Crippen LogP contribution < -0.4 is 14.8 Å². The van der Waals surface area contributed by atoms with Gasteiger partial charge in [-0.3, -0.25) is 9.59 Å². The van der Waals surface area contributed by atoms with E-state index in [1.54, 1.807) is 11.0 Å². The Morgan fingerprint density at radius 2 is 1.96 bits per heavy atom. The topological polar surface area (TPSA) is 88.1 Å². The first kappa shape index (κ1) is 19.1. The molecule has 152 valence electrons. The van der Waals surface area contributed by atoms with Crippen molar-refractivity contribution in [3.8, 4) is 11.5 Å². The highest BCUT2D eigenvalue weighted by Gasteiger charge is 2.54. The van der Waals surface area contributed by atoms with Gasteiger partial charge >= 0.3 is 0 Å². The molecule has 2 heterocycles. The molecule has 3 unspecified atom stereocenters. The molecule has 2 amide bonds. The first-order valence-corrected chi connectivity index (χ1v) is 10.1. The van der Waals surface area contributed by atoms with Gasteiger partial charge in [0.2, 0.25) is 6.10 Å². The Balaban J connectivity index is 1.35. The van der Waals surface area contributed by atoms with Crippen molar-refractivity contribution in [3.05, 3.63) is 24.3 Å². The molecular weight excluding hydrogens is 360 g/mol. The van der Waals surface area contributed by atoms with Crippen molar-refractivity contribution in [1.82, 2.24) is 10.2 Å². The molecule has 0 aromatic heterocycles. The quantitative estimate of drug-likeness (QED) is 0.813. The van der Waals surface area contributed by atoms with Gasteiger partial charge in [-0.2, -0.15) is 0 Å². The number of para-hydroxylation sites is 2. The molecule has 7 nitrogen and oxygen atoms in total. The average molecular weight is 388 g/mol. The van der Waals surface area contributed by atoms with Crippen LogP contribution in [-0.4, -0.2) is 59.8 Å². The molecule has 3 aliphatic rings. The highest BCUT2D eigenvalue weighted by Crippen LogP contribution is 2.46. The van der Waals surface area contributed by atoms with Crippen molar-refractivity contribution < 1.29 is 24.2 Å². The fourth-order valence-electron chi connectivity index (χ4n) is 4.50. The number of carbonyl (C=O) groups excluding carboxylic acids is 2. The molecule has 1 saturated heterocycles. The van der Waals surface area contributed by atoms with Crippen molar-refractivity contribution in [1.29, 1.82) is 0 Å². The van der Waals surface area contributed by atoms with Crippen LogP contribution in [0.5, 0.6) is 11.5 Å². The fourth-order valence-corrected chi connectivity index (χ4v) is 4.50. The standard InChI is InChI=1S/C21H28N2O5/c1-13(2)18(24)20(26)23-11-21(12-23)9-5-8-17(21)22-19(25)16-10-27-14-6-3-4-7-15(14)28-16/h3-4,6-7,13,16-18,24H,5,8-12H2,1-2H3,(H,22,25). The third kappa shape index (κ3) is 3.32. The number of aliphatic hydroxyl groups is 1. The Morgan fingerprint density at radius 1 is 1.25 bits per heavy atom. The zero-order chi connectivity index (χ0) is 19.9. The Bertz CT molecular complexity index is 759. The van der Waals surface area contributed by atoms with Crippen LogP contribution in [0, 0.1) is 11.3 Å². The van der Waals surface area contributed by atoms with Gasteiger partial charge in [0.15, 0.2) is 11.5 Å². The van der Waals surface area contributed by atoms with Crippen molar-refractivity contribution in [2.24, 2.45) is 11.3 Å². The second kappa shape index (κ2) is 7.28. The number of nitrogens with one attached hydrogen (secondary N) is 1. The number of carbonyl (C=O) groups is 2. The molecule has 7 heteroatoms. The van der Waals surface area contributed by atoms with Crippen LogP contribution in [0.2, 0.25) is 0 Å². The van der Waals surface area contributed by atoms with Crippen LogP contribution in [0.4, 0.5) is 0 Å². The lowest BCUT2D eigenvalue weighted by molar-refractivity contribution is -0.156. The SMILES string of the molecule is CC(C)C(O)C(=O)N1CC2(CCCC2NC(=O)C2COc3ccccc3O2)C1. The van der Waals surface area contributed by atoms with Crippen LogP contribution in [-0.2, 0) is 9.59 Å². The van der Waals surface area contributed by atoms with Gasteiger partial charge in [-0.1, -0.05) is 32.4 Å². The molecule has 2 aliphatic heterocycles. The van der Waals surface area contributed by atoms with Crippen LogP contribution in [0.25, 0.3) is 0 Å². The molecule has 4 rings (SSSR count). The van der Waals surface area contributed by atoms with E-state index in [0.717, 1.165) is 19.3 Å². The van der Waals surface area contributed by atoms with E-state index in [2.05, 4.69) is 5.32 Å². The summed E-state index contributed by atoms with van der Waals surface area (Å²) < 4.78 is 11.5. The van der Waals surface area contributed by atoms with E-state index in [9.17, 15) is 14.7 Å². The molecule has 1 aromatic carbocycles. The average Bonchev–Trinajstić information content (AvgIpc) is 3.08. The van der Waals surface area contributed by atoms with Crippen molar-refractivity contribution in [3.63, 3.8) is 0 Å². The lowest BCUT2D eigenvalue weighted by Crippen LogP contribution is -2.67. The predicted molar refractivity (Wildman–Crippen MR) is 102 cm³/mol. The molecule has 2 fully saturated rings. The molecule has 1 spiro atoms. The van der Waals surface area contributed by atoms with E-state index in [-0.39, 0.29) is 35.8 Å². The Kier molecular flexibility index (Phi) is 4.95. The number of amides is 2. The minimum atomic E-state index is -0.959. The molecule has 0 radical (unpaired) electrons. The summed E-state index contributed by atoms with van der Waals surface area (Å²) in [5.41, 5.74) is -0.0878. The van der Waals surface area contributed by atoms with E-state index in [0.29, 0.717) is 24.6 Å². The summed E-state index contributed by atoms with van der Waals surface area (Å²) in [5, 5.41) is 13.2. The molecule has 3 atom stereocenters. The third-order valence-electron chi connectivity index (χ3n) is 6.23. The Hall–Kier alpha value is -2.28. The lowest BCUT2D eigenvalue weighted by atomic mass is 9.74. The predicted octanol–water partition coefficient (Wildman–Crippen LogP) is 1.34. The van der Waals surface area contributed by atoms with Gasteiger partial charge in [0.05, 0.1) is 0 Å². The largest absolute Gasteiger partial charge is 0.485 e. The monoisotopic (exact) mass is 388 g/mol. The molecule has 1 aliphatic carbocycles.